The Morgan fingerprint density at radius 1 is 1.44 bits per heavy atom. The number of hydrogen-bond acceptors (Lipinski definition) is 3. The molecule has 3 heteroatoms. The molecule has 0 amide bonds. The first-order chi connectivity index (χ1) is 7.69. The van der Waals surface area contributed by atoms with Crippen LogP contribution < -0.4 is 4.74 Å². The molecule has 0 bridgehead atoms. The van der Waals surface area contributed by atoms with Gasteiger partial charge in [-0.25, -0.2) is 0 Å². The van der Waals surface area contributed by atoms with Crippen molar-refractivity contribution in [2.45, 2.75) is 35.8 Å². The number of nitrogens with zero attached hydrogens (tertiary/aromatic N) is 1. The monoisotopic (exact) mass is 233 g/mol. The molecule has 1 aliphatic carbocycles. The molecule has 84 valence electrons. The van der Waals surface area contributed by atoms with E-state index in [1.807, 2.05) is 19.1 Å². The minimum absolute atomic E-state index is 0.166. The molecule has 0 atom stereocenters. The summed E-state index contributed by atoms with van der Waals surface area (Å²) in [6.07, 6.45) is 3.20. The first-order valence-electron chi connectivity index (χ1n) is 5.44. The number of hydrogen-bond donors (Lipinski definition) is 0. The van der Waals surface area contributed by atoms with Gasteiger partial charge in [-0.3, -0.25) is 0 Å². The standard InChI is InChI=1S/C13H15NOS/c1-10-8-11(4-5-12(10)15-2)16-13(9-14)6-3-7-13/h4-5,8H,3,6-7H2,1-2H3. The van der Waals surface area contributed by atoms with Gasteiger partial charge >= 0.3 is 0 Å². The average Bonchev–Trinajstić information content (AvgIpc) is 2.24. The second kappa shape index (κ2) is 4.39. The summed E-state index contributed by atoms with van der Waals surface area (Å²) in [6.45, 7) is 2.03. The first-order valence-corrected chi connectivity index (χ1v) is 6.26. The highest BCUT2D eigenvalue weighted by Crippen LogP contribution is 2.47. The molecular weight excluding hydrogens is 218 g/mol. The van der Waals surface area contributed by atoms with Crippen LogP contribution in [0.25, 0.3) is 0 Å². The first kappa shape index (κ1) is 11.3. The fourth-order valence-electron chi connectivity index (χ4n) is 1.87. The molecule has 1 saturated carbocycles. The molecule has 1 aromatic carbocycles. The van der Waals surface area contributed by atoms with Gasteiger partial charge in [-0.1, -0.05) is 0 Å². The van der Waals surface area contributed by atoms with E-state index in [2.05, 4.69) is 12.1 Å². The van der Waals surface area contributed by atoms with Gasteiger partial charge in [-0.15, -0.1) is 11.8 Å². The van der Waals surface area contributed by atoms with E-state index in [1.54, 1.807) is 18.9 Å². The van der Waals surface area contributed by atoms with E-state index >= 15 is 0 Å². The Labute approximate surface area is 101 Å². The summed E-state index contributed by atoms with van der Waals surface area (Å²) in [5, 5.41) is 9.17. The van der Waals surface area contributed by atoms with Crippen LogP contribution in [-0.4, -0.2) is 11.9 Å². The summed E-state index contributed by atoms with van der Waals surface area (Å²) in [5.41, 5.74) is 1.12. The van der Waals surface area contributed by atoms with Crippen LogP contribution in [0.4, 0.5) is 0 Å². The maximum absolute atomic E-state index is 9.17. The fraction of sp³-hybridized carbons (Fsp3) is 0.462. The SMILES string of the molecule is COc1ccc(SC2(C#N)CCC2)cc1C. The van der Waals surface area contributed by atoms with Crippen molar-refractivity contribution in [1.82, 2.24) is 0 Å². The van der Waals surface area contributed by atoms with E-state index in [1.165, 1.54) is 11.3 Å². The molecular formula is C13H15NOS. The number of ether oxygens (including phenoxy) is 1. The normalized spacial score (nSPS) is 17.3. The van der Waals surface area contributed by atoms with E-state index in [9.17, 15) is 5.26 Å². The Morgan fingerprint density at radius 3 is 2.62 bits per heavy atom. The van der Waals surface area contributed by atoms with Crippen LogP contribution in [0.5, 0.6) is 5.75 Å². The van der Waals surface area contributed by atoms with Gasteiger partial charge in [0.25, 0.3) is 0 Å². The summed E-state index contributed by atoms with van der Waals surface area (Å²) in [4.78, 5) is 1.17. The van der Waals surface area contributed by atoms with Crippen molar-refractivity contribution in [1.29, 1.82) is 5.26 Å². The summed E-state index contributed by atoms with van der Waals surface area (Å²) in [5.74, 6) is 0.906. The highest BCUT2D eigenvalue weighted by molar-refractivity contribution is 8.01. The maximum Gasteiger partial charge on any atom is 0.121 e. The third kappa shape index (κ3) is 2.03. The molecule has 0 N–H and O–H groups in total. The van der Waals surface area contributed by atoms with Crippen LogP contribution in [0.3, 0.4) is 0 Å². The smallest absolute Gasteiger partial charge is 0.121 e. The van der Waals surface area contributed by atoms with Crippen molar-refractivity contribution in [2.24, 2.45) is 0 Å². The largest absolute Gasteiger partial charge is 0.496 e. The van der Waals surface area contributed by atoms with Gasteiger partial charge in [0, 0.05) is 4.90 Å². The van der Waals surface area contributed by atoms with Gasteiger partial charge in [0.05, 0.1) is 13.2 Å². The summed E-state index contributed by atoms with van der Waals surface area (Å²) < 4.78 is 5.06. The zero-order chi connectivity index (χ0) is 11.6. The average molecular weight is 233 g/mol. The second-order valence-electron chi connectivity index (χ2n) is 4.19. The van der Waals surface area contributed by atoms with Crippen molar-refractivity contribution < 1.29 is 4.74 Å². The van der Waals surface area contributed by atoms with Crippen molar-refractivity contribution in [3.8, 4) is 11.8 Å². The molecule has 2 nitrogen and oxygen atoms in total. The lowest BCUT2D eigenvalue weighted by molar-refractivity contribution is 0.411. The van der Waals surface area contributed by atoms with Crippen LogP contribution in [0.1, 0.15) is 24.8 Å². The predicted molar refractivity (Wildman–Crippen MR) is 65.8 cm³/mol. The molecule has 1 aliphatic rings. The lowest BCUT2D eigenvalue weighted by Gasteiger charge is -2.34. The number of benzene rings is 1. The molecule has 0 heterocycles. The molecule has 0 aromatic heterocycles. The van der Waals surface area contributed by atoms with Gasteiger partial charge in [0.2, 0.25) is 0 Å². The molecule has 0 saturated heterocycles. The van der Waals surface area contributed by atoms with Gasteiger partial charge in [-0.05, 0) is 49.9 Å². The number of thioether (sulfide) groups is 1. The Hall–Kier alpha value is -1.14. The van der Waals surface area contributed by atoms with E-state index in [0.29, 0.717) is 0 Å². The summed E-state index contributed by atoms with van der Waals surface area (Å²) in [6, 6.07) is 8.55. The third-order valence-electron chi connectivity index (χ3n) is 3.04. The lowest BCUT2D eigenvalue weighted by atomic mass is 9.86. The number of aryl methyl sites for hydroxylation is 1. The molecule has 0 spiro atoms. The number of nitriles is 1. The van der Waals surface area contributed by atoms with Gasteiger partial charge in [0.15, 0.2) is 0 Å². The quantitative estimate of drug-likeness (QED) is 0.800. The van der Waals surface area contributed by atoms with E-state index in [0.717, 1.165) is 24.2 Å². The van der Waals surface area contributed by atoms with Crippen molar-refractivity contribution in [3.63, 3.8) is 0 Å². The Kier molecular flexibility index (Phi) is 3.11. The molecule has 1 fully saturated rings. The van der Waals surface area contributed by atoms with Crippen LogP contribution in [0, 0.1) is 18.3 Å². The van der Waals surface area contributed by atoms with E-state index in [-0.39, 0.29) is 4.75 Å². The van der Waals surface area contributed by atoms with Crippen molar-refractivity contribution in [3.05, 3.63) is 23.8 Å². The predicted octanol–water partition coefficient (Wildman–Crippen LogP) is 3.54. The Bertz CT molecular complexity index is 432. The lowest BCUT2D eigenvalue weighted by Crippen LogP contribution is -2.30. The Morgan fingerprint density at radius 2 is 2.19 bits per heavy atom. The van der Waals surface area contributed by atoms with Crippen molar-refractivity contribution >= 4 is 11.8 Å². The Balaban J connectivity index is 2.17. The van der Waals surface area contributed by atoms with Crippen LogP contribution in [-0.2, 0) is 0 Å². The molecule has 2 rings (SSSR count). The fourth-order valence-corrected chi connectivity index (χ4v) is 3.24. The minimum atomic E-state index is -0.166. The summed E-state index contributed by atoms with van der Waals surface area (Å²) in [7, 11) is 1.68. The van der Waals surface area contributed by atoms with Crippen molar-refractivity contribution in [2.75, 3.05) is 7.11 Å². The molecule has 1 aromatic rings. The van der Waals surface area contributed by atoms with E-state index < -0.39 is 0 Å². The zero-order valence-electron chi connectivity index (χ0n) is 9.62. The second-order valence-corrected chi connectivity index (χ2v) is 5.65. The van der Waals surface area contributed by atoms with Crippen LogP contribution >= 0.6 is 11.8 Å². The molecule has 16 heavy (non-hydrogen) atoms. The van der Waals surface area contributed by atoms with Gasteiger partial charge in [-0.2, -0.15) is 5.26 Å². The zero-order valence-corrected chi connectivity index (χ0v) is 10.4. The third-order valence-corrected chi connectivity index (χ3v) is 4.42. The topological polar surface area (TPSA) is 33.0 Å². The highest BCUT2D eigenvalue weighted by atomic mass is 32.2. The number of rotatable bonds is 3. The van der Waals surface area contributed by atoms with Gasteiger partial charge in [0.1, 0.15) is 10.5 Å². The van der Waals surface area contributed by atoms with Crippen LogP contribution in [0.15, 0.2) is 23.1 Å². The van der Waals surface area contributed by atoms with Crippen LogP contribution in [0.2, 0.25) is 0 Å². The maximum atomic E-state index is 9.17. The highest BCUT2D eigenvalue weighted by Gasteiger charge is 2.38. The minimum Gasteiger partial charge on any atom is -0.496 e. The molecule has 0 radical (unpaired) electrons. The number of methoxy groups -OCH3 is 1. The summed E-state index contributed by atoms with van der Waals surface area (Å²) >= 11 is 1.69. The molecule has 0 aliphatic heterocycles. The van der Waals surface area contributed by atoms with Gasteiger partial charge < -0.3 is 4.74 Å². The van der Waals surface area contributed by atoms with E-state index in [4.69, 9.17) is 4.74 Å². The molecule has 0 unspecified atom stereocenters.